The van der Waals surface area contributed by atoms with Crippen molar-refractivity contribution in [2.45, 2.75) is 24.5 Å². The fourth-order valence-electron chi connectivity index (χ4n) is 5.16. The van der Waals surface area contributed by atoms with E-state index in [9.17, 15) is 18.8 Å². The van der Waals surface area contributed by atoms with Gasteiger partial charge in [0.05, 0.1) is 35.2 Å². The lowest BCUT2D eigenvalue weighted by molar-refractivity contribution is -0.137. The summed E-state index contributed by atoms with van der Waals surface area (Å²) in [6.45, 7) is 4.10. The predicted octanol–water partition coefficient (Wildman–Crippen LogP) is 4.64. The van der Waals surface area contributed by atoms with Crippen LogP contribution in [0.4, 0.5) is 21.6 Å². The molecule has 1 aliphatic carbocycles. The summed E-state index contributed by atoms with van der Waals surface area (Å²) >= 11 is 7.31. The molecule has 1 aromatic heterocycles. The Morgan fingerprint density at radius 2 is 1.96 bits per heavy atom. The molecule has 1 atom stereocenters. The Morgan fingerprint density at radius 3 is 2.70 bits per heavy atom. The summed E-state index contributed by atoms with van der Waals surface area (Å²) in [6.07, 6.45) is 7.60. The number of fused-ring (bicyclic) bond motifs is 1. The van der Waals surface area contributed by atoms with Gasteiger partial charge in [0.15, 0.2) is 0 Å². The van der Waals surface area contributed by atoms with Crippen molar-refractivity contribution in [1.29, 1.82) is 0 Å². The average Bonchev–Trinajstić information content (AvgIpc) is 3.79. The Bertz CT molecular complexity index is 1650. The molecule has 11 nitrogen and oxygen atoms in total. The minimum atomic E-state index is -0.521. The molecule has 14 heteroatoms. The number of thioether (sulfide) groups is 1. The number of carbonyl (C=O) groups excluding carboxylic acids is 3. The minimum Gasteiger partial charge on any atom is -0.491 e. The van der Waals surface area contributed by atoms with E-state index in [0.717, 1.165) is 12.8 Å². The van der Waals surface area contributed by atoms with Crippen LogP contribution in [0.5, 0.6) is 5.75 Å². The number of esters is 1. The van der Waals surface area contributed by atoms with Crippen molar-refractivity contribution in [3.05, 3.63) is 59.7 Å². The van der Waals surface area contributed by atoms with Crippen LogP contribution in [0, 0.1) is 11.7 Å². The maximum Gasteiger partial charge on any atom is 0.319 e. The van der Waals surface area contributed by atoms with Crippen molar-refractivity contribution in [3.63, 3.8) is 0 Å². The number of aromatic nitrogens is 2. The molecule has 3 aliphatic rings. The van der Waals surface area contributed by atoms with E-state index in [2.05, 4.69) is 25.5 Å². The van der Waals surface area contributed by atoms with Gasteiger partial charge in [-0.25, -0.2) is 14.4 Å². The van der Waals surface area contributed by atoms with E-state index in [1.165, 1.54) is 36.3 Å². The van der Waals surface area contributed by atoms with E-state index in [0.29, 0.717) is 92.1 Å². The van der Waals surface area contributed by atoms with Gasteiger partial charge in [0.1, 0.15) is 29.0 Å². The van der Waals surface area contributed by atoms with Gasteiger partial charge in [0, 0.05) is 62.4 Å². The van der Waals surface area contributed by atoms with Crippen molar-refractivity contribution in [3.8, 4) is 5.75 Å². The second kappa shape index (κ2) is 14.7. The number of piperazine rings is 1. The summed E-state index contributed by atoms with van der Waals surface area (Å²) in [4.78, 5) is 50.0. The van der Waals surface area contributed by atoms with E-state index in [4.69, 9.17) is 21.1 Å². The van der Waals surface area contributed by atoms with Crippen molar-refractivity contribution in [1.82, 2.24) is 19.8 Å². The van der Waals surface area contributed by atoms with Crippen LogP contribution in [0.15, 0.2) is 48.8 Å². The molecule has 2 aromatic carbocycles. The maximum atomic E-state index is 13.7. The topological polar surface area (TPSA) is 126 Å². The molecular formula is C32H34ClFN6O5S. The number of ether oxygens (including phenoxy) is 2. The summed E-state index contributed by atoms with van der Waals surface area (Å²) in [6, 6.07) is 7.84. The van der Waals surface area contributed by atoms with Crippen LogP contribution in [-0.4, -0.2) is 94.5 Å². The molecule has 46 heavy (non-hydrogen) atoms. The molecule has 2 aliphatic heterocycles. The third kappa shape index (κ3) is 8.25. The normalized spacial score (nSPS) is 18.6. The molecule has 6 rings (SSSR count). The van der Waals surface area contributed by atoms with E-state index in [1.807, 2.05) is 4.90 Å². The number of halogens is 2. The lowest BCUT2D eigenvalue weighted by atomic mass is 10.1. The second-order valence-electron chi connectivity index (χ2n) is 11.4. The Labute approximate surface area is 274 Å². The first-order valence-electron chi connectivity index (χ1n) is 15.2. The lowest BCUT2D eigenvalue weighted by Crippen LogP contribution is -2.49. The lowest BCUT2D eigenvalue weighted by Gasteiger charge is -2.34. The Morgan fingerprint density at radius 1 is 1.13 bits per heavy atom. The second-order valence-corrected chi connectivity index (χ2v) is 13.0. The van der Waals surface area contributed by atoms with Gasteiger partial charge >= 0.3 is 5.97 Å². The van der Waals surface area contributed by atoms with Gasteiger partial charge in [0.25, 0.3) is 0 Å². The first-order valence-corrected chi connectivity index (χ1v) is 16.6. The van der Waals surface area contributed by atoms with Crippen LogP contribution >= 0.6 is 23.4 Å². The molecule has 0 bridgehead atoms. The highest BCUT2D eigenvalue weighted by Gasteiger charge is 2.29. The molecule has 1 saturated carbocycles. The van der Waals surface area contributed by atoms with Crippen LogP contribution in [0.2, 0.25) is 5.02 Å². The van der Waals surface area contributed by atoms with Crippen LogP contribution in [0.25, 0.3) is 10.9 Å². The van der Waals surface area contributed by atoms with Gasteiger partial charge in [0.2, 0.25) is 11.8 Å². The molecule has 242 valence electrons. The summed E-state index contributed by atoms with van der Waals surface area (Å²) in [5, 5.41) is 6.47. The SMILES string of the molecule is O=C(C=CCN1CCN(C(=O)CSC2CCOC2=O)CC1)Nc1cc2c(Nc3ccc(F)c(Cl)c3)ncnc2cc1OCC1CC1. The molecule has 0 radical (unpaired) electrons. The fraction of sp³-hybridized carbons (Fsp3) is 0.406. The van der Waals surface area contributed by atoms with E-state index < -0.39 is 5.82 Å². The van der Waals surface area contributed by atoms with E-state index in [-0.39, 0.29) is 33.8 Å². The monoisotopic (exact) mass is 668 g/mol. The Hall–Kier alpha value is -3.94. The highest BCUT2D eigenvalue weighted by Crippen LogP contribution is 2.36. The van der Waals surface area contributed by atoms with E-state index >= 15 is 0 Å². The van der Waals surface area contributed by atoms with E-state index in [1.54, 1.807) is 24.3 Å². The number of hydrogen-bond acceptors (Lipinski definition) is 10. The number of nitrogens with one attached hydrogen (secondary N) is 2. The third-order valence-corrected chi connectivity index (χ3v) is 9.54. The van der Waals surface area contributed by atoms with Gasteiger partial charge in [-0.3, -0.25) is 19.3 Å². The summed E-state index contributed by atoms with van der Waals surface area (Å²) in [7, 11) is 0. The fourth-order valence-corrected chi connectivity index (χ4v) is 6.33. The number of rotatable bonds is 12. The third-order valence-electron chi connectivity index (χ3n) is 8.00. The zero-order valence-corrected chi connectivity index (χ0v) is 26.6. The quantitative estimate of drug-likeness (QED) is 0.208. The summed E-state index contributed by atoms with van der Waals surface area (Å²) in [5.41, 5.74) is 1.64. The number of anilines is 3. The van der Waals surface area contributed by atoms with Crippen LogP contribution in [0.3, 0.4) is 0 Å². The number of benzene rings is 2. The minimum absolute atomic E-state index is 0.0162. The number of hydrogen-bond donors (Lipinski definition) is 2. The Balaban J connectivity index is 1.06. The summed E-state index contributed by atoms with van der Waals surface area (Å²) in [5.74, 6) is 0.709. The van der Waals surface area contributed by atoms with Crippen molar-refractivity contribution in [2.24, 2.45) is 5.92 Å². The zero-order valence-electron chi connectivity index (χ0n) is 25.0. The molecule has 0 spiro atoms. The highest BCUT2D eigenvalue weighted by atomic mass is 35.5. The number of cyclic esters (lactones) is 1. The van der Waals surface area contributed by atoms with Crippen molar-refractivity contribution >= 4 is 69.2 Å². The molecule has 2 amide bonds. The number of carbonyl (C=O) groups is 3. The molecule has 1 unspecified atom stereocenters. The predicted molar refractivity (Wildman–Crippen MR) is 175 cm³/mol. The standard InChI is InChI=1S/C32H34ClFN6O5S/c33-23-14-21(5-6-24(23)34)37-31-22-15-26(27(45-17-20-3-4-20)16-25(22)35-19-36-31)38-29(41)2-1-8-39-9-11-40(12-10-39)30(42)18-46-28-7-13-44-32(28)43/h1-2,5-6,14-16,19-20,28H,3-4,7-13,17-18H2,(H,38,41)(H,35,36,37). The highest BCUT2D eigenvalue weighted by molar-refractivity contribution is 8.01. The average molecular weight is 669 g/mol. The molecular weight excluding hydrogens is 635 g/mol. The Kier molecular flexibility index (Phi) is 10.2. The molecule has 3 heterocycles. The smallest absolute Gasteiger partial charge is 0.319 e. The van der Waals surface area contributed by atoms with Crippen molar-refractivity contribution < 1.29 is 28.2 Å². The molecule has 2 N–H and O–H groups in total. The first-order chi connectivity index (χ1) is 22.3. The maximum absolute atomic E-state index is 13.7. The van der Waals surface area contributed by atoms with Gasteiger partial charge in [-0.1, -0.05) is 17.7 Å². The molecule has 3 fully saturated rings. The molecule has 3 aromatic rings. The van der Waals surface area contributed by atoms with Crippen LogP contribution < -0.4 is 15.4 Å². The van der Waals surface area contributed by atoms with Gasteiger partial charge in [-0.2, -0.15) is 0 Å². The van der Waals surface area contributed by atoms with Crippen LogP contribution in [0.1, 0.15) is 19.3 Å². The molecule has 2 saturated heterocycles. The van der Waals surface area contributed by atoms with Crippen LogP contribution in [-0.2, 0) is 19.1 Å². The zero-order chi connectivity index (χ0) is 32.0. The van der Waals surface area contributed by atoms with Gasteiger partial charge in [-0.05, 0) is 43.0 Å². The van der Waals surface area contributed by atoms with Crippen molar-refractivity contribution in [2.75, 3.05) is 62.3 Å². The van der Waals surface area contributed by atoms with Gasteiger partial charge in [-0.15, -0.1) is 11.8 Å². The number of amides is 2. The van der Waals surface area contributed by atoms with Gasteiger partial charge < -0.3 is 25.0 Å². The number of nitrogens with zero attached hydrogens (tertiary/aromatic N) is 4. The largest absolute Gasteiger partial charge is 0.491 e. The first kappa shape index (κ1) is 32.0. The summed E-state index contributed by atoms with van der Waals surface area (Å²) < 4.78 is 24.7.